The molecule has 0 aromatic carbocycles. The molecule has 0 aromatic rings. The van der Waals surface area contributed by atoms with Crippen LogP contribution in [-0.4, -0.2) is 26.2 Å². The Kier molecular flexibility index (Phi) is 4.04. The van der Waals surface area contributed by atoms with Crippen molar-refractivity contribution in [2.24, 2.45) is 0 Å². The van der Waals surface area contributed by atoms with Gasteiger partial charge in [0.1, 0.15) is 0 Å². The van der Waals surface area contributed by atoms with E-state index in [1.54, 1.807) is 0 Å². The van der Waals surface area contributed by atoms with Crippen LogP contribution in [0.25, 0.3) is 0 Å². The van der Waals surface area contributed by atoms with Gasteiger partial charge in [-0.1, -0.05) is 0 Å². The molecule has 0 aliphatic rings. The van der Waals surface area contributed by atoms with Gasteiger partial charge in [-0.25, -0.2) is 13.4 Å². The third-order valence-electron chi connectivity index (χ3n) is 0.519. The number of nitrogens with one attached hydrogen (secondary N) is 1. The van der Waals surface area contributed by atoms with Crippen molar-refractivity contribution in [2.75, 3.05) is 6.66 Å². The van der Waals surface area contributed by atoms with E-state index in [4.69, 9.17) is 19.6 Å². The largest absolute Gasteiger partial charge is 0.419 e. The topological polar surface area (TPSA) is 153 Å². The van der Waals surface area contributed by atoms with Crippen LogP contribution in [-0.2, 0) is 18.0 Å². The van der Waals surface area contributed by atoms with Crippen LogP contribution in [0, 0.1) is 0 Å². The van der Waals surface area contributed by atoms with Crippen molar-refractivity contribution in [2.45, 2.75) is 0 Å². The molecule has 13 heavy (non-hydrogen) atoms. The van der Waals surface area contributed by atoms with E-state index in [2.05, 4.69) is 4.31 Å². The lowest BCUT2D eigenvalue weighted by molar-refractivity contribution is 0.322. The number of rotatable bonds is 4. The first-order chi connectivity index (χ1) is 5.41. The molecule has 0 fully saturated rings. The monoisotopic (exact) mass is 255 g/mol. The maximum atomic E-state index is 10.6. The summed E-state index contributed by atoms with van der Waals surface area (Å²) in [5.74, 6) is 0. The van der Waals surface area contributed by atoms with Crippen molar-refractivity contribution in [3.63, 3.8) is 0 Å². The molecule has 0 aliphatic heterocycles. The van der Waals surface area contributed by atoms with Crippen LogP contribution < -0.4 is 4.86 Å². The molecule has 0 heterocycles. The lowest BCUT2D eigenvalue weighted by Gasteiger charge is -2.14. The van der Waals surface area contributed by atoms with Crippen molar-refractivity contribution < 1.29 is 37.6 Å². The SMILES string of the molecule is CP(=O)(O)OP(=O)(O)NP(=O)(O)O. The van der Waals surface area contributed by atoms with Gasteiger partial charge in [0.15, 0.2) is 0 Å². The second-order valence-corrected chi connectivity index (χ2v) is 7.24. The predicted molar refractivity (Wildman–Crippen MR) is 41.8 cm³/mol. The standard InChI is InChI=1S/CH8NO8P3/c1-11(3,4)10-13(8,9)2-12(5,6)7/h1H3,(H,3,4)(H4,2,5,6,7,8,9). The highest BCUT2D eigenvalue weighted by Gasteiger charge is 2.34. The van der Waals surface area contributed by atoms with Crippen molar-refractivity contribution in [3.8, 4) is 0 Å². The highest BCUT2D eigenvalue weighted by molar-refractivity contribution is 7.71. The van der Waals surface area contributed by atoms with Crippen molar-refractivity contribution in [1.29, 1.82) is 0 Å². The fourth-order valence-corrected chi connectivity index (χ4v) is 3.82. The minimum Gasteiger partial charge on any atom is -0.324 e. The zero-order valence-electron chi connectivity index (χ0n) is 6.26. The summed E-state index contributed by atoms with van der Waals surface area (Å²) in [6.07, 6.45) is 0. The molecule has 80 valence electrons. The van der Waals surface area contributed by atoms with E-state index in [9.17, 15) is 13.7 Å². The Hall–Kier alpha value is 0.450. The molecule has 2 unspecified atom stereocenters. The Morgan fingerprint density at radius 1 is 1.08 bits per heavy atom. The molecule has 2 atom stereocenters. The first-order valence-electron chi connectivity index (χ1n) is 2.61. The molecule has 0 rings (SSSR count). The second-order valence-electron chi connectivity index (χ2n) is 2.05. The smallest absolute Gasteiger partial charge is 0.324 e. The molecule has 0 saturated heterocycles. The predicted octanol–water partition coefficient (Wildman–Crippen LogP) is -0.399. The third-order valence-corrected chi connectivity index (χ3v) is 4.67. The number of hydrogen-bond donors (Lipinski definition) is 5. The summed E-state index contributed by atoms with van der Waals surface area (Å²) < 4.78 is 34.8. The molecule has 9 nitrogen and oxygen atoms in total. The van der Waals surface area contributed by atoms with Crippen LogP contribution in [0.3, 0.4) is 0 Å². The van der Waals surface area contributed by atoms with Gasteiger partial charge in [0.2, 0.25) is 0 Å². The Bertz CT molecular complexity index is 281. The summed E-state index contributed by atoms with van der Waals surface area (Å²) in [6, 6.07) is 0. The van der Waals surface area contributed by atoms with E-state index in [-0.39, 0.29) is 0 Å². The van der Waals surface area contributed by atoms with Gasteiger partial charge in [-0.15, -0.1) is 4.86 Å². The Morgan fingerprint density at radius 2 is 1.46 bits per heavy atom. The lowest BCUT2D eigenvalue weighted by atomic mass is 12.0. The van der Waals surface area contributed by atoms with Gasteiger partial charge in [0.25, 0.3) is 0 Å². The maximum absolute atomic E-state index is 10.6. The molecule has 0 saturated carbocycles. The van der Waals surface area contributed by atoms with Crippen LogP contribution in [0.5, 0.6) is 0 Å². The molecular weight excluding hydrogens is 247 g/mol. The van der Waals surface area contributed by atoms with Crippen molar-refractivity contribution in [3.05, 3.63) is 0 Å². The molecule has 5 N–H and O–H groups in total. The molecule has 0 aliphatic carbocycles. The zero-order valence-corrected chi connectivity index (χ0v) is 8.95. The summed E-state index contributed by atoms with van der Waals surface area (Å²) in [5, 5.41) is 0. The van der Waals surface area contributed by atoms with Gasteiger partial charge in [-0.2, -0.15) is 0 Å². The average molecular weight is 255 g/mol. The van der Waals surface area contributed by atoms with Crippen LogP contribution in [0.15, 0.2) is 0 Å². The van der Waals surface area contributed by atoms with E-state index >= 15 is 0 Å². The second kappa shape index (κ2) is 3.90. The highest BCUT2D eigenvalue weighted by Crippen LogP contribution is 2.58. The molecule has 0 spiro atoms. The highest BCUT2D eigenvalue weighted by atomic mass is 31.3. The Morgan fingerprint density at radius 3 is 1.69 bits per heavy atom. The van der Waals surface area contributed by atoms with E-state index in [0.717, 1.165) is 4.86 Å². The van der Waals surface area contributed by atoms with Crippen molar-refractivity contribution in [1.82, 2.24) is 4.86 Å². The molecule has 0 bridgehead atoms. The first-order valence-corrected chi connectivity index (χ1v) is 7.82. The van der Waals surface area contributed by atoms with Gasteiger partial charge in [-0.3, -0.25) is 4.57 Å². The summed E-state index contributed by atoms with van der Waals surface area (Å²) in [5.41, 5.74) is 0. The minimum atomic E-state index is -4.99. The molecule has 0 aromatic heterocycles. The normalized spacial score (nSPS) is 21.9. The third kappa shape index (κ3) is 8.77. The van der Waals surface area contributed by atoms with E-state index in [1.807, 2.05) is 0 Å². The summed E-state index contributed by atoms with van der Waals surface area (Å²) in [4.78, 5) is 34.3. The van der Waals surface area contributed by atoms with Gasteiger partial charge in [-0.05, 0) is 0 Å². The van der Waals surface area contributed by atoms with Crippen molar-refractivity contribution >= 4 is 23.1 Å². The Balaban J connectivity index is 4.54. The van der Waals surface area contributed by atoms with Gasteiger partial charge in [0, 0.05) is 6.66 Å². The lowest BCUT2D eigenvalue weighted by Crippen LogP contribution is -2.07. The van der Waals surface area contributed by atoms with E-state index < -0.39 is 23.1 Å². The molecule has 12 heteroatoms. The summed E-state index contributed by atoms with van der Waals surface area (Å²) >= 11 is 0. The first kappa shape index (κ1) is 13.4. The quantitative estimate of drug-likeness (QED) is 0.422. The van der Waals surface area contributed by atoms with Gasteiger partial charge in [0.05, 0.1) is 0 Å². The fourth-order valence-electron chi connectivity index (χ4n) is 0.388. The maximum Gasteiger partial charge on any atom is 0.419 e. The molecular formula is CH8NO8P3. The molecule has 0 amide bonds. The van der Waals surface area contributed by atoms with E-state index in [0.29, 0.717) is 6.66 Å². The zero-order chi connectivity index (χ0) is 10.9. The van der Waals surface area contributed by atoms with E-state index in [1.165, 1.54) is 0 Å². The van der Waals surface area contributed by atoms with Crippen LogP contribution in [0.2, 0.25) is 0 Å². The number of hydrogen-bond acceptors (Lipinski definition) is 4. The summed E-state index contributed by atoms with van der Waals surface area (Å²) in [7, 11) is -14.2. The van der Waals surface area contributed by atoms with Crippen LogP contribution in [0.1, 0.15) is 0 Å². The summed E-state index contributed by atoms with van der Waals surface area (Å²) in [6.45, 7) is 0.594. The molecule has 0 radical (unpaired) electrons. The van der Waals surface area contributed by atoms with Gasteiger partial charge >= 0.3 is 23.1 Å². The van der Waals surface area contributed by atoms with Crippen LogP contribution in [0.4, 0.5) is 0 Å². The minimum absolute atomic E-state index is 0.594. The average Bonchev–Trinajstić information content (AvgIpc) is 1.43. The van der Waals surface area contributed by atoms with Gasteiger partial charge < -0.3 is 19.6 Å². The van der Waals surface area contributed by atoms with Crippen LogP contribution >= 0.6 is 23.1 Å². The fraction of sp³-hybridized carbons (Fsp3) is 1.00. The Labute approximate surface area is 73.1 Å².